The Morgan fingerprint density at radius 3 is 2.33 bits per heavy atom. The van der Waals surface area contributed by atoms with Gasteiger partial charge in [-0.2, -0.15) is 0 Å². The van der Waals surface area contributed by atoms with Crippen LogP contribution in [0.5, 0.6) is 0 Å². The van der Waals surface area contributed by atoms with Gasteiger partial charge in [-0.3, -0.25) is 9.59 Å². The molecule has 2 heterocycles. The van der Waals surface area contributed by atoms with E-state index in [0.29, 0.717) is 17.1 Å². The minimum absolute atomic E-state index is 0.209. The van der Waals surface area contributed by atoms with Crippen molar-refractivity contribution in [2.45, 2.75) is 6.92 Å². The highest BCUT2D eigenvalue weighted by atomic mass is 79.9. The van der Waals surface area contributed by atoms with Gasteiger partial charge in [-0.05, 0) is 67.1 Å². The quantitative estimate of drug-likeness (QED) is 0.372. The van der Waals surface area contributed by atoms with Crippen molar-refractivity contribution in [2.24, 2.45) is 0 Å². The van der Waals surface area contributed by atoms with Crippen molar-refractivity contribution in [1.29, 1.82) is 0 Å². The summed E-state index contributed by atoms with van der Waals surface area (Å²) in [6, 6.07) is 19.5. The zero-order valence-corrected chi connectivity index (χ0v) is 17.5. The average molecular weight is 465 g/mol. The summed E-state index contributed by atoms with van der Waals surface area (Å²) in [6.45, 7) is 1.84. The Bertz CT molecular complexity index is 1190. The van der Waals surface area contributed by atoms with Gasteiger partial charge >= 0.3 is 0 Å². The third kappa shape index (κ3) is 4.36. The molecular formula is C23H17BrN2O4. The van der Waals surface area contributed by atoms with Crippen LogP contribution in [0.2, 0.25) is 0 Å². The second-order valence-electron chi connectivity index (χ2n) is 6.59. The molecule has 4 rings (SSSR count). The Morgan fingerprint density at radius 2 is 1.63 bits per heavy atom. The van der Waals surface area contributed by atoms with Gasteiger partial charge in [-0.15, -0.1) is 0 Å². The van der Waals surface area contributed by atoms with Gasteiger partial charge in [0.2, 0.25) is 0 Å². The molecule has 2 aromatic carbocycles. The van der Waals surface area contributed by atoms with Gasteiger partial charge < -0.3 is 19.5 Å². The summed E-state index contributed by atoms with van der Waals surface area (Å²) < 4.78 is 11.8. The normalized spacial score (nSPS) is 10.6. The fourth-order valence-electron chi connectivity index (χ4n) is 2.90. The monoisotopic (exact) mass is 464 g/mol. The molecule has 0 radical (unpaired) electrons. The lowest BCUT2D eigenvalue weighted by atomic mass is 10.1. The molecule has 0 aliphatic carbocycles. The summed E-state index contributed by atoms with van der Waals surface area (Å²) in [4.78, 5) is 24.7. The van der Waals surface area contributed by atoms with Crippen molar-refractivity contribution in [2.75, 3.05) is 10.6 Å². The van der Waals surface area contributed by atoms with Crippen LogP contribution >= 0.6 is 15.9 Å². The van der Waals surface area contributed by atoms with Crippen molar-refractivity contribution in [3.05, 3.63) is 94.5 Å². The fraction of sp³-hybridized carbons (Fsp3) is 0.0435. The van der Waals surface area contributed by atoms with E-state index in [2.05, 4.69) is 26.6 Å². The zero-order valence-electron chi connectivity index (χ0n) is 15.9. The Kier molecular flexibility index (Phi) is 5.54. The molecule has 0 unspecified atom stereocenters. The number of carbonyl (C=O) groups excluding carboxylic acids is 2. The van der Waals surface area contributed by atoms with Crippen LogP contribution in [0, 0.1) is 6.92 Å². The summed E-state index contributed by atoms with van der Waals surface area (Å²) in [7, 11) is 0. The Labute approximate surface area is 181 Å². The molecule has 2 amide bonds. The molecule has 0 aliphatic heterocycles. The Hall–Kier alpha value is -3.58. The van der Waals surface area contributed by atoms with Gasteiger partial charge in [0, 0.05) is 21.4 Å². The number of nitrogens with one attached hydrogen (secondary N) is 2. The van der Waals surface area contributed by atoms with Crippen molar-refractivity contribution < 1.29 is 18.4 Å². The molecular weight excluding hydrogens is 448 g/mol. The summed E-state index contributed by atoms with van der Waals surface area (Å²) in [5, 5.41) is 5.59. The maximum atomic E-state index is 12.5. The third-order valence-corrected chi connectivity index (χ3v) is 4.96. The number of amides is 2. The van der Waals surface area contributed by atoms with Gasteiger partial charge in [0.05, 0.1) is 6.26 Å². The van der Waals surface area contributed by atoms with E-state index in [9.17, 15) is 9.59 Å². The van der Waals surface area contributed by atoms with Crippen molar-refractivity contribution in [3.63, 3.8) is 0 Å². The van der Waals surface area contributed by atoms with E-state index >= 15 is 0 Å². The van der Waals surface area contributed by atoms with Gasteiger partial charge in [-0.25, -0.2) is 0 Å². The molecule has 0 fully saturated rings. The SMILES string of the molecule is Cc1cc(NC(=O)c2ccc(-c3ccc(Br)cc3)o2)ccc1NC(=O)c1ccco1. The number of benzene rings is 2. The average Bonchev–Trinajstić information content (AvgIpc) is 3.43. The maximum absolute atomic E-state index is 12.5. The van der Waals surface area contributed by atoms with Crippen LogP contribution in [0.15, 0.2) is 86.3 Å². The highest BCUT2D eigenvalue weighted by molar-refractivity contribution is 9.10. The molecule has 6 nitrogen and oxygen atoms in total. The van der Waals surface area contributed by atoms with E-state index in [1.807, 2.05) is 31.2 Å². The Morgan fingerprint density at radius 1 is 0.867 bits per heavy atom. The molecule has 0 aliphatic rings. The standard InChI is InChI=1S/C23H17BrN2O4/c1-14-13-17(8-9-18(14)26-22(27)20-3-2-12-29-20)25-23(28)21-11-10-19(30-21)15-4-6-16(24)7-5-15/h2-13H,1H3,(H,25,28)(H,26,27). The molecule has 150 valence electrons. The number of rotatable bonds is 5. The smallest absolute Gasteiger partial charge is 0.291 e. The van der Waals surface area contributed by atoms with Crippen LogP contribution < -0.4 is 10.6 Å². The van der Waals surface area contributed by atoms with E-state index in [0.717, 1.165) is 15.6 Å². The summed E-state index contributed by atoms with van der Waals surface area (Å²) >= 11 is 3.39. The van der Waals surface area contributed by atoms with E-state index in [1.54, 1.807) is 42.5 Å². The second kappa shape index (κ2) is 8.42. The topological polar surface area (TPSA) is 84.5 Å². The van der Waals surface area contributed by atoms with E-state index in [1.165, 1.54) is 6.26 Å². The summed E-state index contributed by atoms with van der Waals surface area (Å²) in [5.74, 6) is 0.354. The molecule has 2 aromatic heterocycles. The van der Waals surface area contributed by atoms with Crippen LogP contribution in [0.3, 0.4) is 0 Å². The minimum atomic E-state index is -0.356. The van der Waals surface area contributed by atoms with Crippen LogP contribution in [0.1, 0.15) is 26.7 Å². The van der Waals surface area contributed by atoms with Crippen LogP contribution in [-0.4, -0.2) is 11.8 Å². The largest absolute Gasteiger partial charge is 0.459 e. The second-order valence-corrected chi connectivity index (χ2v) is 7.50. The molecule has 0 atom stereocenters. The number of anilines is 2. The van der Waals surface area contributed by atoms with E-state index in [4.69, 9.17) is 8.83 Å². The van der Waals surface area contributed by atoms with Crippen molar-refractivity contribution >= 4 is 39.1 Å². The summed E-state index contributed by atoms with van der Waals surface area (Å²) in [6.07, 6.45) is 1.44. The molecule has 30 heavy (non-hydrogen) atoms. The lowest BCUT2D eigenvalue weighted by Crippen LogP contribution is -2.13. The highest BCUT2D eigenvalue weighted by Gasteiger charge is 2.14. The predicted octanol–water partition coefficient (Wildman–Crippen LogP) is 6.12. The highest BCUT2D eigenvalue weighted by Crippen LogP contribution is 2.25. The predicted molar refractivity (Wildman–Crippen MR) is 118 cm³/mol. The van der Waals surface area contributed by atoms with Crippen LogP contribution in [-0.2, 0) is 0 Å². The van der Waals surface area contributed by atoms with Crippen molar-refractivity contribution in [1.82, 2.24) is 0 Å². The third-order valence-electron chi connectivity index (χ3n) is 4.44. The molecule has 2 N–H and O–H groups in total. The fourth-order valence-corrected chi connectivity index (χ4v) is 3.16. The molecule has 0 spiro atoms. The number of hydrogen-bond acceptors (Lipinski definition) is 4. The summed E-state index contributed by atoms with van der Waals surface area (Å²) in [5.41, 5.74) is 2.90. The molecule has 4 aromatic rings. The van der Waals surface area contributed by atoms with Gasteiger partial charge in [0.25, 0.3) is 11.8 Å². The maximum Gasteiger partial charge on any atom is 0.291 e. The number of carbonyl (C=O) groups is 2. The molecule has 7 heteroatoms. The Balaban J connectivity index is 1.44. The number of aryl methyl sites for hydroxylation is 1. The van der Waals surface area contributed by atoms with Gasteiger partial charge in [-0.1, -0.05) is 28.1 Å². The number of hydrogen-bond donors (Lipinski definition) is 2. The molecule has 0 bridgehead atoms. The first-order chi connectivity index (χ1) is 14.5. The first-order valence-electron chi connectivity index (χ1n) is 9.12. The van der Waals surface area contributed by atoms with Crippen LogP contribution in [0.4, 0.5) is 11.4 Å². The van der Waals surface area contributed by atoms with Crippen LogP contribution in [0.25, 0.3) is 11.3 Å². The van der Waals surface area contributed by atoms with Gasteiger partial charge in [0.15, 0.2) is 11.5 Å². The van der Waals surface area contributed by atoms with Crippen molar-refractivity contribution in [3.8, 4) is 11.3 Å². The zero-order chi connectivity index (χ0) is 21.1. The molecule has 0 saturated carbocycles. The lowest BCUT2D eigenvalue weighted by Gasteiger charge is -2.10. The number of furan rings is 2. The lowest BCUT2D eigenvalue weighted by molar-refractivity contribution is 0.0989. The van der Waals surface area contributed by atoms with E-state index < -0.39 is 0 Å². The molecule has 0 saturated heterocycles. The minimum Gasteiger partial charge on any atom is -0.459 e. The first kappa shape index (κ1) is 19.7. The first-order valence-corrected chi connectivity index (χ1v) is 9.91. The van der Waals surface area contributed by atoms with Gasteiger partial charge in [0.1, 0.15) is 5.76 Å². The number of halogens is 1. The van der Waals surface area contributed by atoms with E-state index in [-0.39, 0.29) is 23.3 Å².